The predicted molar refractivity (Wildman–Crippen MR) is 112 cm³/mol. The maximum absolute atomic E-state index is 14.1. The Balaban J connectivity index is 1.83. The van der Waals surface area contributed by atoms with Crippen molar-refractivity contribution in [1.29, 1.82) is 0 Å². The van der Waals surface area contributed by atoms with E-state index in [2.05, 4.69) is 15.7 Å². The minimum Gasteiger partial charge on any atom is -0.306 e. The number of piperazine rings is 1. The van der Waals surface area contributed by atoms with Crippen molar-refractivity contribution < 1.29 is 14.0 Å². The van der Waals surface area contributed by atoms with Gasteiger partial charge in [-0.05, 0) is 31.0 Å². The van der Waals surface area contributed by atoms with Gasteiger partial charge in [-0.2, -0.15) is 4.59 Å². The van der Waals surface area contributed by atoms with Gasteiger partial charge in [0.25, 0.3) is 11.8 Å². The number of benzene rings is 2. The standard InChI is InChI=1S/C22H22FN5O2/c1-3-16-13(2)20-17(21(29)26-22(20)30)11-19(16)28(8-6-24-7-9-28)27-18-10-15(23)5-4-14(18)12-25-27/h4-5,10-12,24H,3,6-9H2,1-2H3/p+1. The summed E-state index contributed by atoms with van der Waals surface area (Å²) >= 11 is 0. The lowest BCUT2D eigenvalue weighted by Crippen LogP contribution is -2.63. The van der Waals surface area contributed by atoms with Crippen LogP contribution >= 0.6 is 0 Å². The van der Waals surface area contributed by atoms with Crippen molar-refractivity contribution in [3.63, 3.8) is 0 Å². The first-order valence-corrected chi connectivity index (χ1v) is 10.2. The Kier molecular flexibility index (Phi) is 4.23. The molecule has 0 aliphatic carbocycles. The molecule has 7 nitrogen and oxygen atoms in total. The third-order valence-corrected chi connectivity index (χ3v) is 6.38. The number of hydrogen-bond donors (Lipinski definition) is 2. The van der Waals surface area contributed by atoms with E-state index < -0.39 is 0 Å². The fraction of sp³-hybridized carbons (Fsp3) is 0.318. The van der Waals surface area contributed by atoms with Crippen LogP contribution in [0.1, 0.15) is 38.8 Å². The Labute approximate surface area is 173 Å². The molecule has 30 heavy (non-hydrogen) atoms. The number of halogens is 1. The molecule has 0 radical (unpaired) electrons. The second kappa shape index (κ2) is 6.72. The molecule has 3 aromatic rings. The smallest absolute Gasteiger partial charge is 0.259 e. The lowest BCUT2D eigenvalue weighted by molar-refractivity contribution is 0.0879. The maximum Gasteiger partial charge on any atom is 0.259 e. The zero-order chi connectivity index (χ0) is 21.0. The summed E-state index contributed by atoms with van der Waals surface area (Å²) < 4.78 is 14.5. The van der Waals surface area contributed by atoms with E-state index in [4.69, 9.17) is 0 Å². The molecule has 2 aliphatic heterocycles. The Morgan fingerprint density at radius 1 is 1.17 bits per heavy atom. The van der Waals surface area contributed by atoms with Crippen molar-refractivity contribution in [3.05, 3.63) is 58.5 Å². The zero-order valence-corrected chi connectivity index (χ0v) is 17.0. The fourth-order valence-electron chi connectivity index (χ4n) is 4.94. The van der Waals surface area contributed by atoms with E-state index in [0.717, 1.165) is 35.3 Å². The number of quaternary nitrogens is 1. The van der Waals surface area contributed by atoms with Gasteiger partial charge in [0.15, 0.2) is 5.69 Å². The molecule has 1 saturated heterocycles. The number of nitrogens with zero attached hydrogens (tertiary/aromatic N) is 3. The lowest BCUT2D eigenvalue weighted by Gasteiger charge is -2.41. The molecule has 0 saturated carbocycles. The summed E-state index contributed by atoms with van der Waals surface area (Å²) in [5.41, 5.74) is 4.37. The molecule has 0 unspecified atom stereocenters. The highest BCUT2D eigenvalue weighted by Crippen LogP contribution is 2.38. The van der Waals surface area contributed by atoms with Crippen LogP contribution in [0, 0.1) is 12.7 Å². The Hall–Kier alpha value is -3.10. The first-order chi connectivity index (χ1) is 14.5. The van der Waals surface area contributed by atoms with Crippen LogP contribution in [0.2, 0.25) is 0 Å². The molecule has 2 aromatic carbocycles. The second-order valence-corrected chi connectivity index (χ2v) is 7.92. The maximum atomic E-state index is 14.1. The van der Waals surface area contributed by atoms with Crippen LogP contribution in [0.5, 0.6) is 0 Å². The summed E-state index contributed by atoms with van der Waals surface area (Å²) in [4.78, 5) is 26.7. The highest BCUT2D eigenvalue weighted by atomic mass is 19.1. The van der Waals surface area contributed by atoms with Crippen LogP contribution in [0.15, 0.2) is 30.5 Å². The first-order valence-electron chi connectivity index (χ1n) is 10.2. The molecule has 3 heterocycles. The molecule has 8 heteroatoms. The third-order valence-electron chi connectivity index (χ3n) is 6.38. The van der Waals surface area contributed by atoms with E-state index in [1.807, 2.05) is 24.7 Å². The number of fused-ring (bicyclic) bond motifs is 2. The number of carbonyl (C=O) groups excluding carboxylic acids is 2. The van der Waals surface area contributed by atoms with Crippen molar-refractivity contribution in [2.75, 3.05) is 26.2 Å². The van der Waals surface area contributed by atoms with Crippen molar-refractivity contribution in [3.8, 4) is 0 Å². The van der Waals surface area contributed by atoms with E-state index in [9.17, 15) is 14.0 Å². The summed E-state index contributed by atoms with van der Waals surface area (Å²) in [5.74, 6) is -1.03. The molecule has 0 spiro atoms. The van der Waals surface area contributed by atoms with Crippen LogP contribution in [-0.2, 0) is 6.42 Å². The van der Waals surface area contributed by atoms with Gasteiger partial charge in [0.05, 0.1) is 17.3 Å². The number of hydrogen-bond acceptors (Lipinski definition) is 4. The van der Waals surface area contributed by atoms with Crippen LogP contribution in [-0.4, -0.2) is 47.9 Å². The van der Waals surface area contributed by atoms with Crippen LogP contribution in [0.25, 0.3) is 10.9 Å². The van der Waals surface area contributed by atoms with Crippen molar-refractivity contribution in [2.45, 2.75) is 20.3 Å². The molecular weight excluding hydrogens is 385 g/mol. The van der Waals surface area contributed by atoms with E-state index in [-0.39, 0.29) is 17.6 Å². The molecule has 2 aliphatic rings. The van der Waals surface area contributed by atoms with Crippen LogP contribution in [0.3, 0.4) is 0 Å². The number of imide groups is 1. The molecule has 2 amide bonds. The molecule has 1 fully saturated rings. The SMILES string of the molecule is CCc1c([N+]2(n3ncc4ccc(F)cc43)CCNCC2)cc2c(c1C)C(=O)NC2=O. The van der Waals surface area contributed by atoms with Crippen LogP contribution < -0.4 is 15.2 Å². The number of nitrogens with one attached hydrogen (secondary N) is 2. The summed E-state index contributed by atoms with van der Waals surface area (Å²) in [7, 11) is 0. The van der Waals surface area contributed by atoms with Crippen molar-refractivity contribution in [2.24, 2.45) is 0 Å². The number of carbonyl (C=O) groups is 2. The largest absolute Gasteiger partial charge is 0.306 e. The third kappa shape index (κ3) is 2.54. The lowest BCUT2D eigenvalue weighted by atomic mass is 9.93. The molecular formula is C22H23FN5O2+. The van der Waals surface area contributed by atoms with Crippen molar-refractivity contribution >= 4 is 28.4 Å². The minimum absolute atomic E-state index is 0.316. The van der Waals surface area contributed by atoms with Gasteiger partial charge in [-0.15, -0.1) is 9.89 Å². The first kappa shape index (κ1) is 18.9. The van der Waals surface area contributed by atoms with Crippen LogP contribution in [0.4, 0.5) is 10.1 Å². The average molecular weight is 408 g/mol. The molecule has 1 aromatic heterocycles. The Morgan fingerprint density at radius 2 is 1.93 bits per heavy atom. The van der Waals surface area contributed by atoms with Gasteiger partial charge in [0.1, 0.15) is 24.4 Å². The average Bonchev–Trinajstić information content (AvgIpc) is 3.29. The van der Waals surface area contributed by atoms with E-state index in [1.54, 1.807) is 12.3 Å². The van der Waals surface area contributed by atoms with E-state index in [1.165, 1.54) is 12.1 Å². The van der Waals surface area contributed by atoms with Gasteiger partial charge in [-0.25, -0.2) is 4.39 Å². The second-order valence-electron chi connectivity index (χ2n) is 7.92. The topological polar surface area (TPSA) is 76.0 Å². The zero-order valence-electron chi connectivity index (χ0n) is 17.0. The van der Waals surface area contributed by atoms with Gasteiger partial charge in [-0.3, -0.25) is 14.9 Å². The molecule has 0 atom stereocenters. The molecule has 154 valence electrons. The molecule has 2 N–H and O–H groups in total. The summed E-state index contributed by atoms with van der Waals surface area (Å²) in [6, 6.07) is 6.52. The summed E-state index contributed by atoms with van der Waals surface area (Å²) in [6.45, 7) is 6.83. The van der Waals surface area contributed by atoms with E-state index in [0.29, 0.717) is 40.7 Å². The van der Waals surface area contributed by atoms with Gasteiger partial charge in [0, 0.05) is 36.2 Å². The van der Waals surface area contributed by atoms with Gasteiger partial charge in [0.2, 0.25) is 0 Å². The fourth-order valence-corrected chi connectivity index (χ4v) is 4.94. The quantitative estimate of drug-likeness (QED) is 0.515. The number of aromatic nitrogens is 2. The number of rotatable bonds is 3. The summed E-state index contributed by atoms with van der Waals surface area (Å²) in [5, 5.41) is 11.3. The Bertz CT molecular complexity index is 1210. The van der Waals surface area contributed by atoms with Gasteiger partial charge in [-0.1, -0.05) is 6.92 Å². The number of amides is 2. The highest BCUT2D eigenvalue weighted by molar-refractivity contribution is 6.22. The van der Waals surface area contributed by atoms with Crippen molar-refractivity contribution in [1.82, 2.24) is 25.1 Å². The summed E-state index contributed by atoms with van der Waals surface area (Å²) in [6.07, 6.45) is 2.45. The van der Waals surface area contributed by atoms with Gasteiger partial charge >= 0.3 is 0 Å². The normalized spacial score (nSPS) is 18.0. The monoisotopic (exact) mass is 408 g/mol. The minimum atomic E-state index is -0.369. The van der Waals surface area contributed by atoms with Gasteiger partial charge < -0.3 is 5.32 Å². The predicted octanol–water partition coefficient (Wildman–Crippen LogP) is 2.30. The highest BCUT2D eigenvalue weighted by Gasteiger charge is 2.42. The molecule has 0 bridgehead atoms. The van der Waals surface area contributed by atoms with E-state index >= 15 is 0 Å². The Morgan fingerprint density at radius 3 is 2.67 bits per heavy atom. The molecule has 5 rings (SSSR count).